The summed E-state index contributed by atoms with van der Waals surface area (Å²) >= 11 is 0. The van der Waals surface area contributed by atoms with Crippen LogP contribution in [0.3, 0.4) is 0 Å². The molecule has 0 bridgehead atoms. The van der Waals surface area contributed by atoms with E-state index in [1.54, 1.807) is 0 Å². The Kier molecular flexibility index (Phi) is 7.08. The number of hydrogen-bond donors (Lipinski definition) is 0. The minimum absolute atomic E-state index is 0.205. The van der Waals surface area contributed by atoms with Crippen molar-refractivity contribution < 1.29 is 0 Å². The Balaban J connectivity index is 1.18. The van der Waals surface area contributed by atoms with Crippen LogP contribution in [0.25, 0.3) is 44.9 Å². The van der Waals surface area contributed by atoms with Crippen molar-refractivity contribution in [3.05, 3.63) is 180 Å². The number of aromatic nitrogens is 1. The molecule has 2 nitrogen and oxygen atoms in total. The maximum atomic E-state index is 2.57. The Bertz CT molecular complexity index is 2270. The van der Waals surface area contributed by atoms with Crippen molar-refractivity contribution in [3.63, 3.8) is 0 Å². The van der Waals surface area contributed by atoms with Crippen molar-refractivity contribution >= 4 is 28.4 Å². The van der Waals surface area contributed by atoms with Gasteiger partial charge < -0.3 is 9.47 Å². The van der Waals surface area contributed by atoms with Crippen molar-refractivity contribution in [3.8, 4) is 27.9 Å². The van der Waals surface area contributed by atoms with E-state index in [0.717, 1.165) is 6.42 Å². The summed E-state index contributed by atoms with van der Waals surface area (Å²) in [6.45, 7) is 2.26. The molecule has 232 valence electrons. The molecular weight excluding hydrogens is 581 g/mol. The lowest BCUT2D eigenvalue weighted by Crippen LogP contribution is -2.30. The Labute approximate surface area is 283 Å². The van der Waals surface area contributed by atoms with Crippen molar-refractivity contribution in [1.29, 1.82) is 0 Å². The average Bonchev–Trinajstić information content (AvgIpc) is 3.67. The maximum absolute atomic E-state index is 2.57. The second-order valence-corrected chi connectivity index (χ2v) is 13.1. The molecule has 2 atom stereocenters. The van der Waals surface area contributed by atoms with E-state index in [2.05, 4.69) is 180 Å². The van der Waals surface area contributed by atoms with E-state index in [9.17, 15) is 0 Å². The number of fused-ring (bicyclic) bond motifs is 7. The first kappa shape index (κ1) is 28.6. The summed E-state index contributed by atoms with van der Waals surface area (Å²) in [6.07, 6.45) is 8.43. The highest BCUT2D eigenvalue weighted by molar-refractivity contribution is 5.95. The zero-order valence-electron chi connectivity index (χ0n) is 27.3. The van der Waals surface area contributed by atoms with Crippen LogP contribution in [-0.2, 0) is 6.42 Å². The fourth-order valence-corrected chi connectivity index (χ4v) is 8.11. The van der Waals surface area contributed by atoms with Gasteiger partial charge in [-0.15, -0.1) is 0 Å². The monoisotopic (exact) mass is 618 g/mol. The van der Waals surface area contributed by atoms with Gasteiger partial charge in [-0.1, -0.05) is 141 Å². The van der Waals surface area contributed by atoms with Crippen LogP contribution in [0.5, 0.6) is 0 Å². The number of aryl methyl sites for hydroxylation is 1. The maximum Gasteiger partial charge on any atom is 0.0637 e. The number of para-hydroxylation sites is 3. The number of rotatable bonds is 7. The van der Waals surface area contributed by atoms with Crippen LogP contribution >= 0.6 is 0 Å². The lowest BCUT2D eigenvalue weighted by atomic mass is 9.82. The van der Waals surface area contributed by atoms with Crippen molar-refractivity contribution in [1.82, 2.24) is 4.57 Å². The second kappa shape index (κ2) is 11.9. The minimum atomic E-state index is 0.205. The van der Waals surface area contributed by atoms with Crippen LogP contribution in [0, 0.1) is 0 Å². The van der Waals surface area contributed by atoms with Crippen molar-refractivity contribution in [2.24, 2.45) is 0 Å². The highest BCUT2D eigenvalue weighted by Gasteiger charge is 2.43. The van der Waals surface area contributed by atoms with Gasteiger partial charge in [-0.2, -0.15) is 0 Å². The van der Waals surface area contributed by atoms with Gasteiger partial charge in [0.25, 0.3) is 0 Å². The lowest BCUT2D eigenvalue weighted by molar-refractivity contribution is 0.725. The van der Waals surface area contributed by atoms with Gasteiger partial charge in [0.1, 0.15) is 0 Å². The summed E-state index contributed by atoms with van der Waals surface area (Å²) in [5, 5.41) is 1.33. The van der Waals surface area contributed by atoms with E-state index < -0.39 is 0 Å². The van der Waals surface area contributed by atoms with Crippen LogP contribution in [0.4, 0.5) is 11.4 Å². The summed E-state index contributed by atoms with van der Waals surface area (Å²) < 4.78 is 2.51. The highest BCUT2D eigenvalue weighted by atomic mass is 15.2. The summed E-state index contributed by atoms with van der Waals surface area (Å²) in [7, 11) is 0. The zero-order chi connectivity index (χ0) is 32.0. The molecule has 9 rings (SSSR count). The molecule has 0 radical (unpaired) electrons. The molecule has 2 aliphatic rings. The SMILES string of the molecule is CCCCc1ccc(N2c3ccccc3C3c4c(n(-c5ccccc5-c5ccc(-c6ccccc6)cc5)c5ccccc45)C=CC32)cc1. The van der Waals surface area contributed by atoms with Gasteiger partial charge in [0.15, 0.2) is 0 Å². The highest BCUT2D eigenvalue weighted by Crippen LogP contribution is 2.54. The van der Waals surface area contributed by atoms with Crippen LogP contribution in [0.15, 0.2) is 158 Å². The molecule has 1 aromatic heterocycles. The van der Waals surface area contributed by atoms with E-state index in [-0.39, 0.29) is 12.0 Å². The molecule has 0 N–H and O–H groups in total. The topological polar surface area (TPSA) is 8.17 Å². The molecule has 2 heterocycles. The molecule has 2 unspecified atom stereocenters. The quantitative estimate of drug-likeness (QED) is 0.173. The van der Waals surface area contributed by atoms with Crippen LogP contribution in [0.2, 0.25) is 0 Å². The first-order valence-electron chi connectivity index (χ1n) is 17.3. The average molecular weight is 619 g/mol. The van der Waals surface area contributed by atoms with Crippen LogP contribution in [0.1, 0.15) is 48.1 Å². The summed E-state index contributed by atoms with van der Waals surface area (Å²) in [6, 6.07) is 56.1. The van der Waals surface area contributed by atoms with E-state index >= 15 is 0 Å². The van der Waals surface area contributed by atoms with Crippen molar-refractivity contribution in [2.45, 2.75) is 38.1 Å². The number of hydrogen-bond acceptors (Lipinski definition) is 1. The van der Waals surface area contributed by atoms with Crippen LogP contribution < -0.4 is 4.90 Å². The molecular formula is C46H38N2. The van der Waals surface area contributed by atoms with Crippen molar-refractivity contribution in [2.75, 3.05) is 4.90 Å². The van der Waals surface area contributed by atoms with E-state index in [1.165, 1.54) is 85.4 Å². The smallest absolute Gasteiger partial charge is 0.0637 e. The number of unbranched alkanes of at least 4 members (excludes halogenated alkanes) is 1. The third kappa shape index (κ3) is 4.63. The lowest BCUT2D eigenvalue weighted by Gasteiger charge is -2.31. The van der Waals surface area contributed by atoms with Gasteiger partial charge in [0.05, 0.1) is 22.9 Å². The predicted molar refractivity (Wildman–Crippen MR) is 202 cm³/mol. The summed E-state index contributed by atoms with van der Waals surface area (Å²) in [4.78, 5) is 2.57. The Morgan fingerprint density at radius 3 is 2.06 bits per heavy atom. The molecule has 2 heteroatoms. The molecule has 0 saturated heterocycles. The van der Waals surface area contributed by atoms with E-state index in [4.69, 9.17) is 0 Å². The van der Waals surface area contributed by atoms with Gasteiger partial charge in [-0.3, -0.25) is 0 Å². The molecule has 6 aromatic carbocycles. The second-order valence-electron chi connectivity index (χ2n) is 13.1. The predicted octanol–water partition coefficient (Wildman–Crippen LogP) is 12.0. The van der Waals surface area contributed by atoms with Gasteiger partial charge in [-0.25, -0.2) is 0 Å². The Hall–Kier alpha value is -5.60. The Morgan fingerprint density at radius 2 is 1.25 bits per heavy atom. The third-order valence-corrected chi connectivity index (χ3v) is 10.4. The molecule has 7 aromatic rings. The first-order valence-corrected chi connectivity index (χ1v) is 17.3. The molecule has 1 aliphatic heterocycles. The molecule has 0 saturated carbocycles. The molecule has 1 aliphatic carbocycles. The van der Waals surface area contributed by atoms with E-state index in [0.29, 0.717) is 0 Å². The molecule has 48 heavy (non-hydrogen) atoms. The summed E-state index contributed by atoms with van der Waals surface area (Å²) in [5.74, 6) is 0.226. The fourth-order valence-electron chi connectivity index (χ4n) is 8.11. The first-order chi connectivity index (χ1) is 23.8. The molecule has 0 spiro atoms. The van der Waals surface area contributed by atoms with Crippen LogP contribution in [-0.4, -0.2) is 10.6 Å². The van der Waals surface area contributed by atoms with Gasteiger partial charge in [0.2, 0.25) is 0 Å². The number of nitrogens with zero attached hydrogens (tertiary/aromatic N) is 2. The van der Waals surface area contributed by atoms with E-state index in [1.807, 2.05) is 0 Å². The fraction of sp³-hybridized carbons (Fsp3) is 0.130. The van der Waals surface area contributed by atoms with Gasteiger partial charge in [0, 0.05) is 28.2 Å². The number of benzene rings is 6. The molecule has 0 amide bonds. The normalized spacial score (nSPS) is 16.1. The standard InChI is InChI=1S/C46H38N2/c1-2-3-13-32-22-28-36(29-23-32)47-41-20-11-8-17-38(41)45-43(47)30-31-44-46(45)39-18-9-12-21-42(39)48(44)40-19-10-7-16-37(40)35-26-24-34(25-27-35)33-14-5-4-6-15-33/h4-12,14-31,43,45H,2-3,13H2,1H3. The third-order valence-electron chi connectivity index (χ3n) is 10.4. The Morgan fingerprint density at radius 1 is 0.583 bits per heavy atom. The minimum Gasteiger partial charge on any atom is -0.333 e. The largest absolute Gasteiger partial charge is 0.333 e. The zero-order valence-corrected chi connectivity index (χ0v) is 27.3. The summed E-state index contributed by atoms with van der Waals surface area (Å²) in [5.41, 5.74) is 15.4. The van der Waals surface area contributed by atoms with Gasteiger partial charge in [-0.05, 0) is 82.6 Å². The number of anilines is 2. The van der Waals surface area contributed by atoms with Gasteiger partial charge >= 0.3 is 0 Å². The molecule has 0 fully saturated rings.